The Morgan fingerprint density at radius 3 is 2.39 bits per heavy atom. The van der Waals surface area contributed by atoms with Crippen molar-refractivity contribution in [2.45, 2.75) is 50.8 Å². The minimum atomic E-state index is -0.384. The van der Waals surface area contributed by atoms with Crippen molar-refractivity contribution in [1.82, 2.24) is 14.8 Å². The van der Waals surface area contributed by atoms with Gasteiger partial charge in [0.15, 0.2) is 22.5 Å². The van der Waals surface area contributed by atoms with Gasteiger partial charge in [0.1, 0.15) is 5.00 Å². The Balaban J connectivity index is 1.50. The van der Waals surface area contributed by atoms with Gasteiger partial charge in [-0.25, -0.2) is 4.79 Å². The lowest BCUT2D eigenvalue weighted by molar-refractivity contribution is -0.113. The second-order valence-electron chi connectivity index (χ2n) is 8.99. The number of aromatic nitrogens is 3. The number of thiophene rings is 1. The third-order valence-electron chi connectivity index (χ3n) is 6.06. The van der Waals surface area contributed by atoms with Gasteiger partial charge in [0.2, 0.25) is 11.7 Å². The molecule has 0 spiro atoms. The van der Waals surface area contributed by atoms with E-state index in [2.05, 4.69) is 15.5 Å². The van der Waals surface area contributed by atoms with Crippen molar-refractivity contribution in [3.63, 3.8) is 0 Å². The van der Waals surface area contributed by atoms with Crippen LogP contribution in [-0.2, 0) is 29.4 Å². The summed E-state index contributed by atoms with van der Waals surface area (Å²) in [5, 5.41) is 12.6. The van der Waals surface area contributed by atoms with Crippen LogP contribution in [0.2, 0.25) is 0 Å². The molecule has 0 saturated carbocycles. The van der Waals surface area contributed by atoms with Gasteiger partial charge in [0.05, 0.1) is 38.7 Å². The lowest BCUT2D eigenvalue weighted by Gasteiger charge is -2.14. The summed E-state index contributed by atoms with van der Waals surface area (Å²) in [4.78, 5) is 27.0. The molecule has 0 aliphatic heterocycles. The van der Waals surface area contributed by atoms with Crippen LogP contribution in [0, 0.1) is 0 Å². The molecule has 2 aromatic heterocycles. The third-order valence-corrected chi connectivity index (χ3v) is 8.29. The van der Waals surface area contributed by atoms with Crippen LogP contribution < -0.4 is 19.5 Å². The predicted octanol–water partition coefficient (Wildman–Crippen LogP) is 4.74. The molecule has 1 aliphatic carbocycles. The van der Waals surface area contributed by atoms with E-state index in [0.717, 1.165) is 41.7 Å². The number of aryl methyl sites for hydroxylation is 1. The number of esters is 1. The number of nitrogens with zero attached hydrogens (tertiary/aromatic N) is 3. The van der Waals surface area contributed by atoms with Crippen LogP contribution in [0.1, 0.15) is 47.5 Å². The summed E-state index contributed by atoms with van der Waals surface area (Å²) in [6.07, 6.45) is 3.60. The Morgan fingerprint density at radius 1 is 1.08 bits per heavy atom. The number of thioether (sulfide) groups is 1. The molecule has 4 rings (SSSR count). The Kier molecular flexibility index (Phi) is 8.83. The van der Waals surface area contributed by atoms with Crippen LogP contribution in [0.3, 0.4) is 0 Å². The van der Waals surface area contributed by atoms with Crippen LogP contribution >= 0.6 is 23.1 Å². The fourth-order valence-corrected chi connectivity index (χ4v) is 6.34. The molecule has 10 nitrogen and oxygen atoms in total. The molecule has 3 aromatic rings. The van der Waals surface area contributed by atoms with Gasteiger partial charge in [-0.05, 0) is 57.2 Å². The lowest BCUT2D eigenvalue weighted by atomic mass is 9.95. The third kappa shape index (κ3) is 5.75. The van der Waals surface area contributed by atoms with Crippen LogP contribution in [0.4, 0.5) is 5.00 Å². The molecule has 38 heavy (non-hydrogen) atoms. The van der Waals surface area contributed by atoms with E-state index in [1.807, 2.05) is 20.9 Å². The minimum Gasteiger partial charge on any atom is -0.493 e. The molecule has 0 saturated heterocycles. The summed E-state index contributed by atoms with van der Waals surface area (Å²) in [6, 6.07) is 3.59. The Hall–Kier alpha value is -3.25. The summed E-state index contributed by atoms with van der Waals surface area (Å²) < 4.78 is 23.6. The zero-order valence-corrected chi connectivity index (χ0v) is 24.0. The van der Waals surface area contributed by atoms with Crippen molar-refractivity contribution in [1.29, 1.82) is 0 Å². The molecule has 1 aliphatic rings. The molecule has 1 N–H and O–H groups in total. The number of carbonyl (C=O) groups is 2. The topological polar surface area (TPSA) is 114 Å². The summed E-state index contributed by atoms with van der Waals surface area (Å²) in [5.41, 5.74) is 2.24. The number of ether oxygens (including phenoxy) is 4. The van der Waals surface area contributed by atoms with Crippen molar-refractivity contribution in [2.24, 2.45) is 7.05 Å². The Bertz CT molecular complexity index is 1310. The normalized spacial score (nSPS) is 12.7. The number of hydrogen-bond acceptors (Lipinski definition) is 10. The molecule has 2 heterocycles. The largest absolute Gasteiger partial charge is 0.493 e. The Labute approximate surface area is 230 Å². The zero-order valence-electron chi connectivity index (χ0n) is 22.4. The van der Waals surface area contributed by atoms with Crippen molar-refractivity contribution < 1.29 is 28.5 Å². The number of fused-ring (bicyclic) bond motifs is 1. The van der Waals surface area contributed by atoms with E-state index in [-0.39, 0.29) is 23.7 Å². The zero-order chi connectivity index (χ0) is 27.4. The van der Waals surface area contributed by atoms with Gasteiger partial charge < -0.3 is 28.8 Å². The molecular formula is C26H32N4O6S2. The van der Waals surface area contributed by atoms with E-state index in [4.69, 9.17) is 18.9 Å². The molecule has 12 heteroatoms. The average molecular weight is 561 g/mol. The fourth-order valence-electron chi connectivity index (χ4n) is 4.34. The van der Waals surface area contributed by atoms with E-state index in [1.165, 1.54) is 23.1 Å². The second-order valence-corrected chi connectivity index (χ2v) is 11.0. The summed E-state index contributed by atoms with van der Waals surface area (Å²) in [5.74, 6) is 1.56. The second kappa shape index (κ2) is 12.1. The number of hydrogen-bond donors (Lipinski definition) is 1. The standard InChI is InChI=1S/C26H32N4O6S2/c1-14(2)36-25(32)21-16-9-7-8-10-19(16)38-24(21)27-20(31)13-37-26-29-28-23(30(26)3)15-11-17(33-4)22(35-6)18(12-15)34-5/h11-12,14H,7-10,13H2,1-6H3,(H,27,31). The van der Waals surface area contributed by atoms with Gasteiger partial charge in [-0.15, -0.1) is 21.5 Å². The van der Waals surface area contributed by atoms with Crippen molar-refractivity contribution >= 4 is 40.0 Å². The quantitative estimate of drug-likeness (QED) is 0.277. The molecule has 0 unspecified atom stereocenters. The highest BCUT2D eigenvalue weighted by Gasteiger charge is 2.28. The highest BCUT2D eigenvalue weighted by molar-refractivity contribution is 7.99. The van der Waals surface area contributed by atoms with Crippen molar-refractivity contribution in [2.75, 3.05) is 32.4 Å². The van der Waals surface area contributed by atoms with E-state index < -0.39 is 0 Å². The first-order chi connectivity index (χ1) is 18.3. The maximum Gasteiger partial charge on any atom is 0.341 e. The van der Waals surface area contributed by atoms with Gasteiger partial charge in [0.25, 0.3) is 0 Å². The number of benzene rings is 1. The first kappa shape index (κ1) is 27.8. The van der Waals surface area contributed by atoms with E-state index in [0.29, 0.717) is 38.8 Å². The summed E-state index contributed by atoms with van der Waals surface area (Å²) >= 11 is 2.73. The maximum atomic E-state index is 12.9. The summed E-state index contributed by atoms with van der Waals surface area (Å²) in [7, 11) is 6.47. The smallest absolute Gasteiger partial charge is 0.341 e. The summed E-state index contributed by atoms with van der Waals surface area (Å²) in [6.45, 7) is 3.64. The first-order valence-corrected chi connectivity index (χ1v) is 14.1. The van der Waals surface area contributed by atoms with E-state index in [1.54, 1.807) is 38.0 Å². The maximum absolute atomic E-state index is 12.9. The number of anilines is 1. The number of nitrogens with one attached hydrogen (secondary N) is 1. The van der Waals surface area contributed by atoms with Gasteiger partial charge in [-0.3, -0.25) is 4.79 Å². The number of rotatable bonds is 10. The fraction of sp³-hybridized carbons (Fsp3) is 0.462. The van der Waals surface area contributed by atoms with Crippen LogP contribution in [0.25, 0.3) is 11.4 Å². The average Bonchev–Trinajstić information content (AvgIpc) is 3.45. The molecule has 0 atom stereocenters. The van der Waals surface area contributed by atoms with Crippen molar-refractivity contribution in [3.05, 3.63) is 28.1 Å². The molecule has 0 radical (unpaired) electrons. The monoisotopic (exact) mass is 560 g/mol. The number of methoxy groups -OCH3 is 3. The minimum absolute atomic E-state index is 0.0997. The van der Waals surface area contributed by atoms with Crippen LogP contribution in [-0.4, -0.2) is 59.8 Å². The molecule has 0 bridgehead atoms. The van der Waals surface area contributed by atoms with Crippen LogP contribution in [0.5, 0.6) is 17.2 Å². The highest BCUT2D eigenvalue weighted by Crippen LogP contribution is 2.41. The predicted molar refractivity (Wildman–Crippen MR) is 147 cm³/mol. The van der Waals surface area contributed by atoms with Gasteiger partial charge in [-0.1, -0.05) is 11.8 Å². The molecule has 204 valence electrons. The molecule has 0 fully saturated rings. The Morgan fingerprint density at radius 2 is 1.76 bits per heavy atom. The van der Waals surface area contributed by atoms with E-state index in [9.17, 15) is 9.59 Å². The van der Waals surface area contributed by atoms with Gasteiger partial charge >= 0.3 is 5.97 Å². The SMILES string of the molecule is COc1cc(-c2nnc(SCC(=O)Nc3sc4c(c3C(=O)OC(C)C)CCCC4)n2C)cc(OC)c1OC. The highest BCUT2D eigenvalue weighted by atomic mass is 32.2. The first-order valence-electron chi connectivity index (χ1n) is 12.2. The number of amides is 1. The lowest BCUT2D eigenvalue weighted by Crippen LogP contribution is -2.19. The van der Waals surface area contributed by atoms with Crippen LogP contribution in [0.15, 0.2) is 17.3 Å². The molecule has 1 amide bonds. The number of carbonyl (C=O) groups excluding carboxylic acids is 2. The van der Waals surface area contributed by atoms with Crippen molar-refractivity contribution in [3.8, 4) is 28.6 Å². The molecule has 1 aromatic carbocycles. The van der Waals surface area contributed by atoms with E-state index >= 15 is 0 Å². The van der Waals surface area contributed by atoms with Gasteiger partial charge in [0, 0.05) is 17.5 Å². The molecular weight excluding hydrogens is 528 g/mol. The van der Waals surface area contributed by atoms with Gasteiger partial charge in [-0.2, -0.15) is 0 Å².